The minimum absolute atomic E-state index is 0.00811. The Morgan fingerprint density at radius 2 is 1.67 bits per heavy atom. The van der Waals surface area contributed by atoms with Crippen LogP contribution in [0.25, 0.3) is 0 Å². The van der Waals surface area contributed by atoms with Gasteiger partial charge in [0.1, 0.15) is 0 Å². The molecular formula is C31H33N3O4S. The van der Waals surface area contributed by atoms with E-state index < -0.39 is 6.29 Å². The number of carbonyl (C=O) groups excluding carboxylic acids is 1. The van der Waals surface area contributed by atoms with Crippen LogP contribution in [0, 0.1) is 5.92 Å². The highest BCUT2D eigenvalue weighted by molar-refractivity contribution is 7.99. The third kappa shape index (κ3) is 6.59. The van der Waals surface area contributed by atoms with Crippen LogP contribution in [0.5, 0.6) is 0 Å². The van der Waals surface area contributed by atoms with Gasteiger partial charge in [0.15, 0.2) is 11.4 Å². The molecule has 0 unspecified atom stereocenters. The van der Waals surface area contributed by atoms with E-state index in [4.69, 9.17) is 9.47 Å². The zero-order valence-electron chi connectivity index (χ0n) is 22.1. The van der Waals surface area contributed by atoms with Gasteiger partial charge in [0.2, 0.25) is 0 Å². The van der Waals surface area contributed by atoms with Crippen molar-refractivity contribution in [3.8, 4) is 0 Å². The fraction of sp³-hybridized carbons (Fsp3) is 0.290. The number of hydrogen-bond donors (Lipinski definition) is 2. The predicted octanol–water partition coefficient (Wildman–Crippen LogP) is 5.43. The third-order valence-corrected chi connectivity index (χ3v) is 8.16. The number of aliphatic hydroxyl groups is 1. The number of nitrogens with one attached hydrogen (secondary N) is 1. The summed E-state index contributed by atoms with van der Waals surface area (Å²) in [5.74, 6) is 0.734. The first-order valence-corrected chi connectivity index (χ1v) is 14.0. The number of hydrogen-bond acceptors (Lipinski definition) is 6. The van der Waals surface area contributed by atoms with Gasteiger partial charge in [0.05, 0.1) is 18.8 Å². The standard InChI is InChI=1S/C31H33N3O4S/c1-21-27(20-39-31-32-16-17-34(31)2)37-30(38-28(21)24-12-10-23(19-35)11-13-24)26-14-8-22(9-15-26)18-33-29(36)25-6-4-3-5-7-25/h3-17,21,27-28,30,35H,18-20H2,1-2H3,(H,33,36)/t21-,27+,28+,30+/m1/s1. The monoisotopic (exact) mass is 543 g/mol. The van der Waals surface area contributed by atoms with Crippen molar-refractivity contribution >= 4 is 17.7 Å². The Morgan fingerprint density at radius 3 is 2.33 bits per heavy atom. The number of rotatable bonds is 9. The molecule has 2 N–H and O–H groups in total. The molecule has 0 aliphatic carbocycles. The van der Waals surface area contributed by atoms with Crippen LogP contribution in [0.15, 0.2) is 96.4 Å². The van der Waals surface area contributed by atoms with E-state index >= 15 is 0 Å². The van der Waals surface area contributed by atoms with E-state index in [-0.39, 0.29) is 30.6 Å². The maximum atomic E-state index is 12.4. The number of aryl methyl sites for hydroxylation is 1. The van der Waals surface area contributed by atoms with E-state index in [0.717, 1.165) is 33.2 Å². The van der Waals surface area contributed by atoms with E-state index in [1.807, 2.05) is 84.5 Å². The van der Waals surface area contributed by atoms with Gasteiger partial charge in [-0.05, 0) is 28.8 Å². The van der Waals surface area contributed by atoms with Gasteiger partial charge in [-0.2, -0.15) is 0 Å². The summed E-state index contributed by atoms with van der Waals surface area (Å²) in [6, 6.07) is 25.1. The molecule has 0 bridgehead atoms. The van der Waals surface area contributed by atoms with Crippen molar-refractivity contribution in [3.05, 3.63) is 119 Å². The molecule has 4 atom stereocenters. The van der Waals surface area contributed by atoms with Crippen LogP contribution in [0.3, 0.4) is 0 Å². The van der Waals surface area contributed by atoms with Crippen molar-refractivity contribution in [3.63, 3.8) is 0 Å². The summed E-state index contributed by atoms with van der Waals surface area (Å²) in [5.41, 5.74) is 4.47. The Labute approximate surface area is 233 Å². The smallest absolute Gasteiger partial charge is 0.251 e. The molecule has 39 heavy (non-hydrogen) atoms. The van der Waals surface area contributed by atoms with Crippen molar-refractivity contribution in [1.82, 2.24) is 14.9 Å². The van der Waals surface area contributed by atoms with Gasteiger partial charge in [0, 0.05) is 48.8 Å². The van der Waals surface area contributed by atoms with Gasteiger partial charge in [-0.1, -0.05) is 85.4 Å². The van der Waals surface area contributed by atoms with Crippen LogP contribution >= 0.6 is 11.8 Å². The van der Waals surface area contributed by atoms with Crippen LogP contribution in [0.2, 0.25) is 0 Å². The van der Waals surface area contributed by atoms with Crippen molar-refractivity contribution < 1.29 is 19.4 Å². The lowest BCUT2D eigenvalue weighted by molar-refractivity contribution is -0.268. The summed E-state index contributed by atoms with van der Waals surface area (Å²) in [6.07, 6.45) is 2.96. The first kappa shape index (κ1) is 27.1. The van der Waals surface area contributed by atoms with Crippen LogP contribution in [-0.2, 0) is 29.7 Å². The number of aromatic nitrogens is 2. The second-order valence-electron chi connectivity index (χ2n) is 9.74. The van der Waals surface area contributed by atoms with E-state index in [0.29, 0.717) is 12.1 Å². The fourth-order valence-electron chi connectivity index (χ4n) is 4.62. The van der Waals surface area contributed by atoms with E-state index in [9.17, 15) is 9.90 Å². The Hall–Kier alpha value is -3.43. The zero-order valence-corrected chi connectivity index (χ0v) is 22.9. The van der Waals surface area contributed by atoms with Gasteiger partial charge < -0.3 is 24.5 Å². The second kappa shape index (κ2) is 12.6. The van der Waals surface area contributed by atoms with E-state index in [1.54, 1.807) is 30.1 Å². The molecule has 2 heterocycles. The van der Waals surface area contributed by atoms with Crippen molar-refractivity contribution in [2.45, 2.75) is 43.7 Å². The highest BCUT2D eigenvalue weighted by Crippen LogP contribution is 2.42. The molecule has 1 fully saturated rings. The average Bonchev–Trinajstić information content (AvgIpc) is 3.40. The lowest BCUT2D eigenvalue weighted by atomic mass is 9.91. The van der Waals surface area contributed by atoms with Crippen molar-refractivity contribution in [2.24, 2.45) is 13.0 Å². The number of carbonyl (C=O) groups is 1. The van der Waals surface area contributed by atoms with Gasteiger partial charge in [-0.3, -0.25) is 4.79 Å². The lowest BCUT2D eigenvalue weighted by Gasteiger charge is -2.41. The molecule has 7 nitrogen and oxygen atoms in total. The van der Waals surface area contributed by atoms with E-state index in [2.05, 4.69) is 17.2 Å². The summed E-state index contributed by atoms with van der Waals surface area (Å²) in [5, 5.41) is 13.4. The Balaban J connectivity index is 1.30. The predicted molar refractivity (Wildman–Crippen MR) is 151 cm³/mol. The minimum atomic E-state index is -0.538. The number of ether oxygens (including phenoxy) is 2. The Kier molecular flexibility index (Phi) is 8.78. The molecule has 0 saturated carbocycles. The molecular weight excluding hydrogens is 510 g/mol. The SMILES string of the molecule is C[C@@H]1[C@H](CSc2nccn2C)O[C@H](c2ccc(CNC(=O)c3ccccc3)cc2)O[C@@H]1c1ccc(CO)cc1. The number of imidazole rings is 1. The molecule has 3 aromatic carbocycles. The molecule has 1 aromatic heterocycles. The maximum Gasteiger partial charge on any atom is 0.251 e. The summed E-state index contributed by atoms with van der Waals surface area (Å²) in [6.45, 7) is 2.59. The largest absolute Gasteiger partial charge is 0.392 e. The topological polar surface area (TPSA) is 85.6 Å². The number of amides is 1. The zero-order chi connectivity index (χ0) is 27.2. The quantitative estimate of drug-likeness (QED) is 0.274. The second-order valence-corrected chi connectivity index (χ2v) is 10.7. The highest BCUT2D eigenvalue weighted by atomic mass is 32.2. The molecule has 4 aromatic rings. The normalized spacial score (nSPS) is 21.0. The Bertz CT molecular complexity index is 1360. The molecule has 1 saturated heterocycles. The van der Waals surface area contributed by atoms with Gasteiger partial charge in [0.25, 0.3) is 5.91 Å². The summed E-state index contributed by atoms with van der Waals surface area (Å²) in [7, 11) is 1.99. The molecule has 1 aliphatic rings. The van der Waals surface area contributed by atoms with Gasteiger partial charge >= 0.3 is 0 Å². The molecule has 0 spiro atoms. The van der Waals surface area contributed by atoms with Crippen molar-refractivity contribution in [1.29, 1.82) is 0 Å². The summed E-state index contributed by atoms with van der Waals surface area (Å²) in [4.78, 5) is 16.8. The van der Waals surface area contributed by atoms with E-state index in [1.165, 1.54) is 0 Å². The average molecular weight is 544 g/mol. The first-order valence-electron chi connectivity index (χ1n) is 13.0. The number of benzene rings is 3. The molecule has 1 aliphatic heterocycles. The summed E-state index contributed by atoms with van der Waals surface area (Å²) < 4.78 is 15.1. The molecule has 8 heteroatoms. The third-order valence-electron chi connectivity index (χ3n) is 7.02. The lowest BCUT2D eigenvalue weighted by Crippen LogP contribution is -2.38. The number of thioether (sulfide) groups is 1. The fourth-order valence-corrected chi connectivity index (χ4v) is 5.72. The number of nitrogens with zero attached hydrogens (tertiary/aromatic N) is 2. The first-order chi connectivity index (χ1) is 19.0. The maximum absolute atomic E-state index is 12.4. The molecule has 202 valence electrons. The van der Waals surface area contributed by atoms with Crippen LogP contribution in [0.1, 0.15) is 51.9 Å². The summed E-state index contributed by atoms with van der Waals surface area (Å²) >= 11 is 1.67. The molecule has 1 amide bonds. The number of aliphatic hydroxyl groups excluding tert-OH is 1. The highest BCUT2D eigenvalue weighted by Gasteiger charge is 2.38. The minimum Gasteiger partial charge on any atom is -0.392 e. The molecule has 0 radical (unpaired) electrons. The van der Waals surface area contributed by atoms with Crippen LogP contribution in [0.4, 0.5) is 0 Å². The molecule has 5 rings (SSSR count). The van der Waals surface area contributed by atoms with Gasteiger partial charge in [-0.15, -0.1) is 0 Å². The van der Waals surface area contributed by atoms with Crippen LogP contribution in [-0.4, -0.2) is 32.4 Å². The van der Waals surface area contributed by atoms with Crippen LogP contribution < -0.4 is 5.32 Å². The van der Waals surface area contributed by atoms with Crippen molar-refractivity contribution in [2.75, 3.05) is 5.75 Å². The Morgan fingerprint density at radius 1 is 0.974 bits per heavy atom. The van der Waals surface area contributed by atoms with Gasteiger partial charge in [-0.25, -0.2) is 4.98 Å².